The molecule has 1 aliphatic rings. The van der Waals surface area contributed by atoms with Crippen molar-refractivity contribution in [2.24, 2.45) is 0 Å². The number of hydrogen-bond donors (Lipinski definition) is 0. The first-order chi connectivity index (χ1) is 13.2. The lowest BCUT2D eigenvalue weighted by Gasteiger charge is -2.36. The molecule has 0 radical (unpaired) electrons. The molecule has 1 amide bonds. The summed E-state index contributed by atoms with van der Waals surface area (Å²) in [5.74, 6) is 0.605. The second-order valence-electron chi connectivity index (χ2n) is 7.03. The lowest BCUT2D eigenvalue weighted by atomic mass is 9.97. The minimum absolute atomic E-state index is 0.0257. The molecule has 6 nitrogen and oxygen atoms in total. The molecule has 0 N–H and O–H groups in total. The molecule has 0 saturated carbocycles. The van der Waals surface area contributed by atoms with Crippen LogP contribution < -0.4 is 0 Å². The van der Waals surface area contributed by atoms with Crippen LogP contribution in [-0.2, 0) is 6.54 Å². The monoisotopic (exact) mass is 364 g/mol. The van der Waals surface area contributed by atoms with Crippen molar-refractivity contribution in [1.82, 2.24) is 19.8 Å². The Kier molecular flexibility index (Phi) is 5.05. The van der Waals surface area contributed by atoms with E-state index in [2.05, 4.69) is 10.3 Å². The fourth-order valence-corrected chi connectivity index (χ4v) is 3.84. The van der Waals surface area contributed by atoms with E-state index >= 15 is 0 Å². The van der Waals surface area contributed by atoms with Crippen molar-refractivity contribution in [1.29, 1.82) is 0 Å². The molecule has 4 rings (SSSR count). The summed E-state index contributed by atoms with van der Waals surface area (Å²) in [6.45, 7) is 3.41. The van der Waals surface area contributed by atoms with Crippen LogP contribution in [0.4, 0.5) is 0 Å². The summed E-state index contributed by atoms with van der Waals surface area (Å²) < 4.78 is 7.33. The molecule has 3 aromatic rings. The van der Waals surface area contributed by atoms with Gasteiger partial charge in [-0.25, -0.2) is 0 Å². The number of aromatic nitrogens is 3. The van der Waals surface area contributed by atoms with Crippen LogP contribution in [0.15, 0.2) is 53.3 Å². The number of piperidine rings is 1. The summed E-state index contributed by atoms with van der Waals surface area (Å²) in [4.78, 5) is 15.5. The summed E-state index contributed by atoms with van der Waals surface area (Å²) in [5.41, 5.74) is 2.13. The molecule has 27 heavy (non-hydrogen) atoms. The third-order valence-electron chi connectivity index (χ3n) is 5.26. The van der Waals surface area contributed by atoms with Crippen LogP contribution in [-0.4, -0.2) is 38.3 Å². The Morgan fingerprint density at radius 2 is 2.07 bits per heavy atom. The first-order valence-corrected chi connectivity index (χ1v) is 9.54. The molecule has 1 fully saturated rings. The largest absolute Gasteiger partial charge is 0.360 e. The Morgan fingerprint density at radius 1 is 1.22 bits per heavy atom. The smallest absolute Gasteiger partial charge is 0.259 e. The molecule has 140 valence electrons. The lowest BCUT2D eigenvalue weighted by molar-refractivity contribution is 0.0593. The Bertz CT molecular complexity index is 886. The van der Waals surface area contributed by atoms with Crippen molar-refractivity contribution in [3.8, 4) is 11.3 Å². The van der Waals surface area contributed by atoms with Gasteiger partial charge in [-0.2, -0.15) is 5.10 Å². The molecule has 1 aliphatic heterocycles. The van der Waals surface area contributed by atoms with Crippen LogP contribution in [0, 0.1) is 6.92 Å². The fraction of sp³-hybridized carbons (Fsp3) is 0.381. The second kappa shape index (κ2) is 7.78. The van der Waals surface area contributed by atoms with E-state index in [0.29, 0.717) is 17.0 Å². The Balaban J connectivity index is 1.58. The van der Waals surface area contributed by atoms with Crippen molar-refractivity contribution in [2.45, 2.75) is 45.2 Å². The standard InChI is InChI=1S/C21H24N4O2/c1-16-19(20(23-27-16)17-8-3-2-4-9-17)21(26)25-14-6-5-10-18(25)11-15-24-13-7-12-22-24/h2-4,7-9,12-13,18H,5-6,10-11,14-15H2,1H3/t18-/m1/s1. The van der Waals surface area contributed by atoms with Gasteiger partial charge in [0.1, 0.15) is 17.0 Å². The van der Waals surface area contributed by atoms with Crippen molar-refractivity contribution in [3.63, 3.8) is 0 Å². The Morgan fingerprint density at radius 3 is 2.85 bits per heavy atom. The maximum absolute atomic E-state index is 13.5. The van der Waals surface area contributed by atoms with E-state index in [1.165, 1.54) is 0 Å². The molecular formula is C21H24N4O2. The number of rotatable bonds is 5. The topological polar surface area (TPSA) is 64.2 Å². The molecule has 3 heterocycles. The summed E-state index contributed by atoms with van der Waals surface area (Å²) in [6.07, 6.45) is 7.87. The van der Waals surface area contributed by atoms with E-state index in [-0.39, 0.29) is 11.9 Å². The molecule has 2 aromatic heterocycles. The molecule has 0 unspecified atom stereocenters. The van der Waals surface area contributed by atoms with Crippen LogP contribution >= 0.6 is 0 Å². The number of likely N-dealkylation sites (tertiary alicyclic amines) is 1. The Labute approximate surface area is 158 Å². The molecule has 0 bridgehead atoms. The number of amides is 1. The third kappa shape index (κ3) is 3.65. The fourth-order valence-electron chi connectivity index (χ4n) is 3.84. The van der Waals surface area contributed by atoms with E-state index in [0.717, 1.165) is 44.3 Å². The minimum Gasteiger partial charge on any atom is -0.360 e. The highest BCUT2D eigenvalue weighted by molar-refractivity contribution is 6.01. The van der Waals surface area contributed by atoms with Gasteiger partial charge in [-0.05, 0) is 38.7 Å². The van der Waals surface area contributed by atoms with Gasteiger partial charge in [-0.3, -0.25) is 9.48 Å². The number of aryl methyl sites for hydroxylation is 2. The first kappa shape index (κ1) is 17.5. The van der Waals surface area contributed by atoms with Crippen LogP contribution in [0.5, 0.6) is 0 Å². The van der Waals surface area contributed by atoms with Gasteiger partial charge >= 0.3 is 0 Å². The second-order valence-corrected chi connectivity index (χ2v) is 7.03. The zero-order valence-corrected chi connectivity index (χ0v) is 15.5. The highest BCUT2D eigenvalue weighted by Gasteiger charge is 2.32. The van der Waals surface area contributed by atoms with Gasteiger partial charge in [-0.15, -0.1) is 0 Å². The van der Waals surface area contributed by atoms with Crippen molar-refractivity contribution < 1.29 is 9.32 Å². The maximum atomic E-state index is 13.5. The average molecular weight is 364 g/mol. The highest BCUT2D eigenvalue weighted by Crippen LogP contribution is 2.29. The van der Waals surface area contributed by atoms with Gasteiger partial charge in [0.05, 0.1) is 0 Å². The number of carbonyl (C=O) groups excluding carboxylic acids is 1. The van der Waals surface area contributed by atoms with Gasteiger partial charge in [0.15, 0.2) is 0 Å². The quantitative estimate of drug-likeness (QED) is 0.688. The van der Waals surface area contributed by atoms with Crippen LogP contribution in [0.3, 0.4) is 0 Å². The summed E-state index contributed by atoms with van der Waals surface area (Å²) >= 11 is 0. The van der Waals surface area contributed by atoms with Gasteiger partial charge < -0.3 is 9.42 Å². The molecule has 0 spiro atoms. The zero-order chi connectivity index (χ0) is 18.6. The van der Waals surface area contributed by atoms with Crippen molar-refractivity contribution >= 4 is 5.91 Å². The average Bonchev–Trinajstić information content (AvgIpc) is 3.36. The number of hydrogen-bond acceptors (Lipinski definition) is 4. The Hall–Kier alpha value is -2.89. The van der Waals surface area contributed by atoms with E-state index in [4.69, 9.17) is 4.52 Å². The van der Waals surface area contributed by atoms with E-state index in [1.54, 1.807) is 6.20 Å². The predicted molar refractivity (Wildman–Crippen MR) is 102 cm³/mol. The molecule has 6 heteroatoms. The lowest BCUT2D eigenvalue weighted by Crippen LogP contribution is -2.44. The normalized spacial score (nSPS) is 17.2. The van der Waals surface area contributed by atoms with Gasteiger partial charge in [0.25, 0.3) is 5.91 Å². The predicted octanol–water partition coefficient (Wildman–Crippen LogP) is 3.93. The van der Waals surface area contributed by atoms with Crippen LogP contribution in [0.1, 0.15) is 41.8 Å². The number of nitrogens with zero attached hydrogens (tertiary/aromatic N) is 4. The summed E-state index contributed by atoms with van der Waals surface area (Å²) in [5, 5.41) is 8.45. The molecule has 1 aromatic carbocycles. The third-order valence-corrected chi connectivity index (χ3v) is 5.26. The zero-order valence-electron chi connectivity index (χ0n) is 15.5. The summed E-state index contributed by atoms with van der Waals surface area (Å²) in [6, 6.07) is 11.9. The molecular weight excluding hydrogens is 340 g/mol. The van der Waals surface area contributed by atoms with E-state index in [9.17, 15) is 4.79 Å². The van der Waals surface area contributed by atoms with Crippen molar-refractivity contribution in [3.05, 3.63) is 60.1 Å². The highest BCUT2D eigenvalue weighted by atomic mass is 16.5. The van der Waals surface area contributed by atoms with E-state index in [1.807, 2.05) is 59.1 Å². The van der Waals surface area contributed by atoms with Crippen LogP contribution in [0.2, 0.25) is 0 Å². The maximum Gasteiger partial charge on any atom is 0.259 e. The van der Waals surface area contributed by atoms with Gasteiger partial charge in [-0.1, -0.05) is 35.5 Å². The van der Waals surface area contributed by atoms with Crippen LogP contribution in [0.25, 0.3) is 11.3 Å². The molecule has 1 saturated heterocycles. The SMILES string of the molecule is Cc1onc(-c2ccccc2)c1C(=O)N1CCCC[C@@H]1CCn1cccn1. The molecule has 1 atom stereocenters. The van der Waals surface area contributed by atoms with Crippen molar-refractivity contribution in [2.75, 3.05) is 6.54 Å². The first-order valence-electron chi connectivity index (χ1n) is 9.54. The number of carbonyl (C=O) groups is 1. The van der Waals surface area contributed by atoms with Gasteiger partial charge in [0.2, 0.25) is 0 Å². The summed E-state index contributed by atoms with van der Waals surface area (Å²) in [7, 11) is 0. The minimum atomic E-state index is 0.0257. The number of benzene rings is 1. The van der Waals surface area contributed by atoms with Gasteiger partial charge in [0, 0.05) is 37.1 Å². The molecule has 0 aliphatic carbocycles. The van der Waals surface area contributed by atoms with E-state index < -0.39 is 0 Å².